The van der Waals surface area contributed by atoms with Gasteiger partial charge in [0.15, 0.2) is 5.78 Å². The number of hydrogen-bond acceptors (Lipinski definition) is 8. The molecule has 6 rings (SSSR count). The fourth-order valence-electron chi connectivity index (χ4n) is 7.88. The molecule has 2 aliphatic carbocycles. The van der Waals surface area contributed by atoms with Crippen LogP contribution in [0.1, 0.15) is 106 Å². The number of methoxy groups -OCH3 is 1. The zero-order chi connectivity index (χ0) is 33.9. The highest BCUT2D eigenvalue weighted by atomic mass is 16.6. The Labute approximate surface area is 278 Å². The second-order valence-corrected chi connectivity index (χ2v) is 16.0. The van der Waals surface area contributed by atoms with Crippen LogP contribution in [-0.4, -0.2) is 70.1 Å². The first-order chi connectivity index (χ1) is 22.2. The molecule has 256 valence electrons. The van der Waals surface area contributed by atoms with Gasteiger partial charge in [-0.25, -0.2) is 14.8 Å². The molecular formula is C37H52N4O6. The Balaban J connectivity index is 1.45. The summed E-state index contributed by atoms with van der Waals surface area (Å²) >= 11 is 0. The lowest BCUT2D eigenvalue weighted by Crippen LogP contribution is -2.58. The van der Waals surface area contributed by atoms with E-state index >= 15 is 0 Å². The van der Waals surface area contributed by atoms with Crippen LogP contribution in [-0.2, 0) is 19.7 Å². The number of Topliss-reactive ketones (excluding diaryl/α,β-unsaturated/α-hetero) is 1. The third-order valence-corrected chi connectivity index (χ3v) is 11.2. The van der Waals surface area contributed by atoms with Crippen LogP contribution < -0.4 is 14.8 Å². The van der Waals surface area contributed by atoms with Crippen molar-refractivity contribution < 1.29 is 28.6 Å². The van der Waals surface area contributed by atoms with Crippen LogP contribution in [0.3, 0.4) is 0 Å². The molecule has 1 aromatic heterocycles. The van der Waals surface area contributed by atoms with Crippen molar-refractivity contribution in [2.45, 2.75) is 129 Å². The van der Waals surface area contributed by atoms with Crippen LogP contribution >= 0.6 is 0 Å². The van der Waals surface area contributed by atoms with E-state index in [0.29, 0.717) is 23.6 Å². The molecule has 4 aliphatic rings. The van der Waals surface area contributed by atoms with Crippen LogP contribution in [0.25, 0.3) is 11.0 Å². The zero-order valence-corrected chi connectivity index (χ0v) is 29.4. The third kappa shape index (κ3) is 6.41. The molecule has 1 spiro atoms. The number of ketones is 1. The van der Waals surface area contributed by atoms with E-state index in [2.05, 4.69) is 5.32 Å². The Kier molecular flexibility index (Phi) is 8.71. The van der Waals surface area contributed by atoms with E-state index in [1.54, 1.807) is 12.0 Å². The first-order valence-electron chi connectivity index (χ1n) is 17.6. The number of carbonyl (C=O) groups is 3. The van der Waals surface area contributed by atoms with Gasteiger partial charge in [-0.2, -0.15) is 0 Å². The molecular weight excluding hydrogens is 596 g/mol. The normalized spacial score (nSPS) is 30.8. The summed E-state index contributed by atoms with van der Waals surface area (Å²) in [5.41, 5.74) is 1.05. The number of fused-ring (bicyclic) bond motifs is 6. The van der Waals surface area contributed by atoms with Gasteiger partial charge in [-0.1, -0.05) is 54.4 Å². The molecule has 2 saturated carbocycles. The van der Waals surface area contributed by atoms with Gasteiger partial charge in [0.25, 0.3) is 0 Å². The molecule has 2 amide bonds. The number of nitrogens with one attached hydrogen (secondary N) is 1. The van der Waals surface area contributed by atoms with Crippen molar-refractivity contribution in [1.29, 1.82) is 0 Å². The second kappa shape index (κ2) is 12.2. The highest BCUT2D eigenvalue weighted by molar-refractivity contribution is 5.94. The Morgan fingerprint density at radius 1 is 1.13 bits per heavy atom. The van der Waals surface area contributed by atoms with E-state index in [4.69, 9.17) is 24.2 Å². The molecule has 2 aromatic rings. The SMILES string of the molecule is CCC1C2CN(C(=O)C(C(C)(C)C)NC(=O)OC3(C)CC3CCCCC3(CC3)c3nc4ccc(OC)cc4nc3O2)C1C(=O)C(C)C. The van der Waals surface area contributed by atoms with Crippen LogP contribution in [0.4, 0.5) is 4.79 Å². The smallest absolute Gasteiger partial charge is 0.408 e. The van der Waals surface area contributed by atoms with Crippen molar-refractivity contribution in [3.63, 3.8) is 0 Å². The second-order valence-electron chi connectivity index (χ2n) is 16.0. The van der Waals surface area contributed by atoms with E-state index in [0.717, 1.165) is 56.2 Å². The highest BCUT2D eigenvalue weighted by Crippen LogP contribution is 2.55. The lowest BCUT2D eigenvalue weighted by Gasteiger charge is -2.36. The molecule has 1 N–H and O–H groups in total. The van der Waals surface area contributed by atoms with E-state index in [1.807, 2.05) is 66.7 Å². The fraction of sp³-hybridized carbons (Fsp3) is 0.703. The molecule has 1 saturated heterocycles. The van der Waals surface area contributed by atoms with Crippen molar-refractivity contribution in [3.05, 3.63) is 23.9 Å². The van der Waals surface area contributed by atoms with Crippen LogP contribution in [0.15, 0.2) is 18.2 Å². The minimum Gasteiger partial charge on any atom is -0.497 e. The fourth-order valence-corrected chi connectivity index (χ4v) is 7.88. The van der Waals surface area contributed by atoms with Gasteiger partial charge in [0.05, 0.1) is 30.7 Å². The number of ether oxygens (including phenoxy) is 3. The average molecular weight is 649 g/mol. The molecule has 10 heteroatoms. The van der Waals surface area contributed by atoms with Gasteiger partial charge in [0.1, 0.15) is 29.2 Å². The van der Waals surface area contributed by atoms with E-state index in [9.17, 15) is 14.4 Å². The third-order valence-electron chi connectivity index (χ3n) is 11.2. The maximum atomic E-state index is 14.6. The quantitative estimate of drug-likeness (QED) is 0.406. The molecule has 3 heterocycles. The Hall–Kier alpha value is -3.43. The summed E-state index contributed by atoms with van der Waals surface area (Å²) in [6, 6.07) is 4.13. The van der Waals surface area contributed by atoms with Crippen LogP contribution in [0, 0.1) is 23.2 Å². The van der Waals surface area contributed by atoms with Gasteiger partial charge in [-0.15, -0.1) is 0 Å². The first-order valence-corrected chi connectivity index (χ1v) is 17.6. The number of benzene rings is 1. The summed E-state index contributed by atoms with van der Waals surface area (Å²) in [5.74, 6) is 0.593. The van der Waals surface area contributed by atoms with Crippen molar-refractivity contribution in [2.24, 2.45) is 23.2 Å². The minimum absolute atomic E-state index is 0.0148. The number of nitrogens with zero attached hydrogens (tertiary/aromatic N) is 3. The maximum Gasteiger partial charge on any atom is 0.408 e. The molecule has 10 nitrogen and oxygen atoms in total. The summed E-state index contributed by atoms with van der Waals surface area (Å²) in [6.45, 7) is 13.7. The predicted molar refractivity (Wildman–Crippen MR) is 178 cm³/mol. The summed E-state index contributed by atoms with van der Waals surface area (Å²) in [4.78, 5) is 53.7. The van der Waals surface area contributed by atoms with E-state index in [-0.39, 0.29) is 41.4 Å². The first kappa shape index (κ1) is 33.5. The predicted octanol–water partition coefficient (Wildman–Crippen LogP) is 6.37. The molecule has 47 heavy (non-hydrogen) atoms. The topological polar surface area (TPSA) is 120 Å². The molecule has 6 atom stereocenters. The van der Waals surface area contributed by atoms with Crippen molar-refractivity contribution in [3.8, 4) is 11.6 Å². The van der Waals surface area contributed by atoms with Crippen molar-refractivity contribution in [1.82, 2.24) is 20.2 Å². The Bertz CT molecular complexity index is 1550. The number of rotatable bonds is 4. The van der Waals surface area contributed by atoms with Gasteiger partial charge >= 0.3 is 6.09 Å². The molecule has 6 unspecified atom stereocenters. The van der Waals surface area contributed by atoms with Gasteiger partial charge < -0.3 is 24.4 Å². The van der Waals surface area contributed by atoms with Crippen LogP contribution in [0.2, 0.25) is 0 Å². The van der Waals surface area contributed by atoms with Gasteiger partial charge in [-0.3, -0.25) is 9.59 Å². The van der Waals surface area contributed by atoms with E-state index < -0.39 is 35.3 Å². The maximum absolute atomic E-state index is 14.6. The average Bonchev–Trinajstić information content (AvgIpc) is 3.90. The number of carbonyl (C=O) groups excluding carboxylic acids is 3. The molecule has 0 radical (unpaired) electrons. The van der Waals surface area contributed by atoms with Gasteiger partial charge in [0, 0.05) is 29.2 Å². The zero-order valence-electron chi connectivity index (χ0n) is 29.4. The molecule has 3 fully saturated rings. The number of alkyl carbamates (subject to hydrolysis) is 1. The lowest BCUT2D eigenvalue weighted by molar-refractivity contribution is -0.143. The Morgan fingerprint density at radius 3 is 2.51 bits per heavy atom. The van der Waals surface area contributed by atoms with Gasteiger partial charge in [0.2, 0.25) is 11.8 Å². The largest absolute Gasteiger partial charge is 0.497 e. The number of hydrogen-bond donors (Lipinski definition) is 1. The van der Waals surface area contributed by atoms with Crippen molar-refractivity contribution >= 4 is 28.8 Å². The monoisotopic (exact) mass is 648 g/mol. The standard InChI is InChI=1S/C37H52N4O6/c1-9-24-27-20-41(28(24)29(42)21(2)3)33(43)31(35(4,5)6)40-34(44)47-36(7)19-22(36)12-10-11-15-37(16-17-37)30-32(46-27)39-26-18-23(45-8)13-14-25(26)38-30/h13-14,18,21-22,24,27-28,31H,9-12,15-17,19-20H2,1-8H3,(H,40,44). The summed E-state index contributed by atoms with van der Waals surface area (Å²) < 4.78 is 18.4. The molecule has 2 bridgehead atoms. The lowest BCUT2D eigenvalue weighted by atomic mass is 9.84. The number of aromatic nitrogens is 2. The van der Waals surface area contributed by atoms with Gasteiger partial charge in [-0.05, 0) is 63.0 Å². The van der Waals surface area contributed by atoms with Crippen LogP contribution in [0.5, 0.6) is 11.6 Å². The van der Waals surface area contributed by atoms with Crippen molar-refractivity contribution in [2.75, 3.05) is 13.7 Å². The molecule has 2 aliphatic heterocycles. The summed E-state index contributed by atoms with van der Waals surface area (Å²) in [6.07, 6.45) is 6.40. The molecule has 1 aromatic carbocycles. The summed E-state index contributed by atoms with van der Waals surface area (Å²) in [5, 5.41) is 2.92. The minimum atomic E-state index is -0.897. The number of amides is 2. The Morgan fingerprint density at radius 2 is 1.87 bits per heavy atom. The highest BCUT2D eigenvalue weighted by Gasteiger charge is 2.56. The van der Waals surface area contributed by atoms with E-state index in [1.165, 1.54) is 0 Å². The summed E-state index contributed by atoms with van der Waals surface area (Å²) in [7, 11) is 1.63.